The third-order valence-corrected chi connectivity index (χ3v) is 4.42. The number of ether oxygens (including phenoxy) is 2. The third kappa shape index (κ3) is 5.89. The van der Waals surface area contributed by atoms with Gasteiger partial charge in [0.2, 0.25) is 11.8 Å². The third-order valence-electron chi connectivity index (χ3n) is 4.05. The highest BCUT2D eigenvalue weighted by atomic mass is 35.5. The number of anilines is 1. The molecule has 2 aromatic carbocycles. The molecular weight excluding hydrogens is 368 g/mol. The van der Waals surface area contributed by atoms with Crippen LogP contribution in [0.1, 0.15) is 18.9 Å². The minimum atomic E-state index is -0.230. The molecule has 0 aromatic heterocycles. The van der Waals surface area contributed by atoms with Gasteiger partial charge >= 0.3 is 0 Å². The van der Waals surface area contributed by atoms with Crippen molar-refractivity contribution in [3.05, 3.63) is 53.1 Å². The van der Waals surface area contributed by atoms with Crippen LogP contribution in [0, 0.1) is 0 Å². The molecule has 2 aromatic rings. The Bertz CT molecular complexity index is 810. The molecule has 0 spiro atoms. The standard InChI is InChI=1S/C20H23ClN2O4/c1-14(24)23(13-15-6-4-5-7-17(15)21)11-10-20(25)22-18-12-16(26-2)8-9-19(18)27-3/h4-9,12H,10-11,13H2,1-3H3,(H,22,25). The molecule has 0 aliphatic rings. The second-order valence-electron chi connectivity index (χ2n) is 5.90. The maximum absolute atomic E-state index is 12.4. The summed E-state index contributed by atoms with van der Waals surface area (Å²) in [6, 6.07) is 12.5. The number of halogens is 1. The van der Waals surface area contributed by atoms with Gasteiger partial charge in [0.25, 0.3) is 0 Å². The lowest BCUT2D eigenvalue weighted by Crippen LogP contribution is -2.31. The van der Waals surface area contributed by atoms with Crippen molar-refractivity contribution in [2.45, 2.75) is 19.9 Å². The fraction of sp³-hybridized carbons (Fsp3) is 0.300. The highest BCUT2D eigenvalue weighted by molar-refractivity contribution is 6.31. The summed E-state index contributed by atoms with van der Waals surface area (Å²) in [6.45, 7) is 2.10. The molecule has 0 aliphatic heterocycles. The first-order valence-electron chi connectivity index (χ1n) is 8.45. The molecule has 0 unspecified atom stereocenters. The van der Waals surface area contributed by atoms with Gasteiger partial charge in [-0.05, 0) is 23.8 Å². The number of hydrogen-bond donors (Lipinski definition) is 1. The van der Waals surface area contributed by atoms with Gasteiger partial charge in [0.05, 0.1) is 19.9 Å². The van der Waals surface area contributed by atoms with E-state index in [1.165, 1.54) is 14.0 Å². The Labute approximate surface area is 164 Å². The van der Waals surface area contributed by atoms with Crippen LogP contribution in [0.15, 0.2) is 42.5 Å². The van der Waals surface area contributed by atoms with Crippen LogP contribution in [0.2, 0.25) is 5.02 Å². The van der Waals surface area contributed by atoms with Crippen LogP contribution >= 0.6 is 11.6 Å². The van der Waals surface area contributed by atoms with Crippen LogP contribution in [-0.4, -0.2) is 37.5 Å². The SMILES string of the molecule is COc1ccc(OC)c(NC(=O)CCN(Cc2ccccc2Cl)C(C)=O)c1. The smallest absolute Gasteiger partial charge is 0.226 e. The Morgan fingerprint density at radius 3 is 2.48 bits per heavy atom. The van der Waals surface area contributed by atoms with Crippen molar-refractivity contribution < 1.29 is 19.1 Å². The predicted molar refractivity (Wildman–Crippen MR) is 105 cm³/mol. The number of rotatable bonds is 8. The number of hydrogen-bond acceptors (Lipinski definition) is 4. The first-order chi connectivity index (χ1) is 12.9. The van der Waals surface area contributed by atoms with E-state index in [0.29, 0.717) is 28.8 Å². The summed E-state index contributed by atoms with van der Waals surface area (Å²) in [6.07, 6.45) is 0.143. The van der Waals surface area contributed by atoms with Crippen LogP contribution in [0.4, 0.5) is 5.69 Å². The second kappa shape index (κ2) is 9.83. The van der Waals surface area contributed by atoms with Crippen LogP contribution in [0.25, 0.3) is 0 Å². The molecule has 7 heteroatoms. The summed E-state index contributed by atoms with van der Waals surface area (Å²) in [5, 5.41) is 3.39. The summed E-state index contributed by atoms with van der Waals surface area (Å²) in [4.78, 5) is 25.9. The van der Waals surface area contributed by atoms with E-state index in [2.05, 4.69) is 5.32 Å². The van der Waals surface area contributed by atoms with Crippen LogP contribution in [-0.2, 0) is 16.1 Å². The molecule has 0 saturated carbocycles. The molecule has 0 radical (unpaired) electrons. The Morgan fingerprint density at radius 1 is 1.11 bits per heavy atom. The van der Waals surface area contributed by atoms with Crippen molar-refractivity contribution >= 4 is 29.1 Å². The zero-order valence-corrected chi connectivity index (χ0v) is 16.4. The van der Waals surface area contributed by atoms with Crippen molar-refractivity contribution in [3.8, 4) is 11.5 Å². The lowest BCUT2D eigenvalue weighted by Gasteiger charge is -2.21. The number of nitrogens with one attached hydrogen (secondary N) is 1. The Balaban J connectivity index is 2.00. The summed E-state index contributed by atoms with van der Waals surface area (Å²) in [5.74, 6) is 0.785. The zero-order chi connectivity index (χ0) is 19.8. The molecule has 0 heterocycles. The average molecular weight is 391 g/mol. The van der Waals surface area contributed by atoms with E-state index < -0.39 is 0 Å². The van der Waals surface area contributed by atoms with Gasteiger partial charge in [-0.2, -0.15) is 0 Å². The Kier molecular flexibility index (Phi) is 7.49. The molecular formula is C20H23ClN2O4. The molecule has 0 aliphatic carbocycles. The highest BCUT2D eigenvalue weighted by Crippen LogP contribution is 2.29. The van der Waals surface area contributed by atoms with Gasteiger partial charge in [0.1, 0.15) is 11.5 Å². The minimum absolute atomic E-state index is 0.123. The van der Waals surface area contributed by atoms with Crippen LogP contribution in [0.5, 0.6) is 11.5 Å². The summed E-state index contributed by atoms with van der Waals surface area (Å²) in [7, 11) is 3.07. The van der Waals surface area contributed by atoms with Gasteiger partial charge in [-0.25, -0.2) is 0 Å². The van der Waals surface area contributed by atoms with Crippen molar-refractivity contribution in [1.82, 2.24) is 4.90 Å². The van der Waals surface area contributed by atoms with E-state index in [-0.39, 0.29) is 24.8 Å². The fourth-order valence-electron chi connectivity index (χ4n) is 2.54. The van der Waals surface area contributed by atoms with Gasteiger partial charge < -0.3 is 19.7 Å². The first-order valence-corrected chi connectivity index (χ1v) is 8.83. The molecule has 2 rings (SSSR count). The van der Waals surface area contributed by atoms with Gasteiger partial charge in [-0.15, -0.1) is 0 Å². The van der Waals surface area contributed by atoms with Gasteiger partial charge in [-0.1, -0.05) is 29.8 Å². The van der Waals surface area contributed by atoms with E-state index in [4.69, 9.17) is 21.1 Å². The maximum atomic E-state index is 12.4. The lowest BCUT2D eigenvalue weighted by atomic mass is 10.2. The van der Waals surface area contributed by atoms with Gasteiger partial charge in [0.15, 0.2) is 0 Å². The zero-order valence-electron chi connectivity index (χ0n) is 15.6. The number of benzene rings is 2. The van der Waals surface area contributed by atoms with Crippen LogP contribution in [0.3, 0.4) is 0 Å². The normalized spacial score (nSPS) is 10.2. The van der Waals surface area contributed by atoms with Crippen molar-refractivity contribution in [2.24, 2.45) is 0 Å². The summed E-state index contributed by atoms with van der Waals surface area (Å²) >= 11 is 6.16. The highest BCUT2D eigenvalue weighted by Gasteiger charge is 2.15. The molecule has 144 valence electrons. The molecule has 0 saturated heterocycles. The minimum Gasteiger partial charge on any atom is -0.497 e. The quantitative estimate of drug-likeness (QED) is 0.745. The van der Waals surface area contributed by atoms with Crippen molar-refractivity contribution in [1.29, 1.82) is 0 Å². The topological polar surface area (TPSA) is 67.9 Å². The summed E-state index contributed by atoms with van der Waals surface area (Å²) in [5.41, 5.74) is 1.35. The van der Waals surface area contributed by atoms with Crippen molar-refractivity contribution in [2.75, 3.05) is 26.1 Å². The molecule has 0 bridgehead atoms. The van der Waals surface area contributed by atoms with E-state index in [9.17, 15) is 9.59 Å². The van der Waals surface area contributed by atoms with Gasteiger partial charge in [-0.3, -0.25) is 9.59 Å². The lowest BCUT2D eigenvalue weighted by molar-refractivity contribution is -0.129. The second-order valence-corrected chi connectivity index (χ2v) is 6.30. The Hall–Kier alpha value is -2.73. The number of methoxy groups -OCH3 is 2. The number of nitrogens with zero attached hydrogens (tertiary/aromatic N) is 1. The van der Waals surface area contributed by atoms with Crippen LogP contribution < -0.4 is 14.8 Å². The number of carbonyl (C=O) groups excluding carboxylic acids is 2. The first kappa shape index (κ1) is 20.6. The van der Waals surface area contributed by atoms with Crippen molar-refractivity contribution in [3.63, 3.8) is 0 Å². The average Bonchev–Trinajstić information content (AvgIpc) is 2.66. The van der Waals surface area contributed by atoms with Gasteiger partial charge in [0, 0.05) is 37.5 Å². The predicted octanol–water partition coefficient (Wildman–Crippen LogP) is 3.73. The number of amides is 2. The van der Waals surface area contributed by atoms with E-state index in [1.807, 2.05) is 18.2 Å². The summed E-state index contributed by atoms with van der Waals surface area (Å²) < 4.78 is 10.4. The van der Waals surface area contributed by atoms with E-state index in [1.54, 1.807) is 36.3 Å². The van der Waals surface area contributed by atoms with E-state index in [0.717, 1.165) is 5.56 Å². The molecule has 6 nitrogen and oxygen atoms in total. The largest absolute Gasteiger partial charge is 0.497 e. The molecule has 1 N–H and O–H groups in total. The fourth-order valence-corrected chi connectivity index (χ4v) is 2.74. The van der Waals surface area contributed by atoms with E-state index >= 15 is 0 Å². The number of carbonyl (C=O) groups is 2. The monoisotopic (exact) mass is 390 g/mol. The Morgan fingerprint density at radius 2 is 1.85 bits per heavy atom. The molecule has 0 atom stereocenters. The maximum Gasteiger partial charge on any atom is 0.226 e. The molecule has 2 amide bonds. The molecule has 27 heavy (non-hydrogen) atoms. The molecule has 0 fully saturated rings.